The van der Waals surface area contributed by atoms with E-state index in [1.165, 1.54) is 13.2 Å². The number of nitrogens with one attached hydrogen (secondary N) is 1. The average Bonchev–Trinajstić information content (AvgIpc) is 2.68. The van der Waals surface area contributed by atoms with Crippen molar-refractivity contribution < 1.29 is 13.5 Å². The third-order valence-corrected chi connectivity index (χ3v) is 2.68. The van der Waals surface area contributed by atoms with Gasteiger partial charge in [-0.05, 0) is 26.0 Å². The Balaban J connectivity index is 2.10. The molecule has 0 bridgehead atoms. The van der Waals surface area contributed by atoms with Crippen LogP contribution in [-0.4, -0.2) is 12.1 Å². The van der Waals surface area contributed by atoms with Crippen molar-refractivity contribution in [3.05, 3.63) is 41.4 Å². The monoisotopic (exact) mass is 250 g/mol. The van der Waals surface area contributed by atoms with Crippen molar-refractivity contribution in [2.24, 2.45) is 0 Å². The van der Waals surface area contributed by atoms with Crippen LogP contribution in [-0.2, 0) is 6.54 Å². The molecule has 0 atom stereocenters. The van der Waals surface area contributed by atoms with E-state index in [0.717, 1.165) is 11.5 Å². The molecule has 4 nitrogen and oxygen atoms in total. The molecule has 1 heterocycles. The number of oxazole rings is 1. The Labute approximate surface area is 105 Å². The lowest BCUT2D eigenvalue weighted by Gasteiger charge is -2.07. The Kier molecular flexibility index (Phi) is 3.50. The number of benzene rings is 1. The maximum Gasteiger partial charge on any atom is 0.213 e. The third-order valence-electron chi connectivity index (χ3n) is 2.68. The smallest absolute Gasteiger partial charge is 0.213 e. The van der Waals surface area contributed by atoms with Gasteiger partial charge in [0.15, 0.2) is 0 Å². The van der Waals surface area contributed by atoms with Gasteiger partial charge in [0.2, 0.25) is 5.89 Å². The number of methoxy groups -OCH3 is 1. The van der Waals surface area contributed by atoms with E-state index in [0.29, 0.717) is 23.9 Å². The standard InChI is InChI=1S/C13H15FN2O2/c1-8-9(2)18-13(16-8)7-15-12-6-10(17-3)4-5-11(12)14/h4-6,15H,7H2,1-3H3. The summed E-state index contributed by atoms with van der Waals surface area (Å²) in [5.41, 5.74) is 1.21. The van der Waals surface area contributed by atoms with Crippen molar-refractivity contribution in [1.82, 2.24) is 4.98 Å². The molecule has 0 radical (unpaired) electrons. The number of ether oxygens (including phenoxy) is 1. The van der Waals surface area contributed by atoms with Gasteiger partial charge in [-0.2, -0.15) is 0 Å². The quantitative estimate of drug-likeness (QED) is 0.906. The first-order chi connectivity index (χ1) is 8.60. The highest BCUT2D eigenvalue weighted by Gasteiger charge is 2.08. The molecule has 2 rings (SSSR count). The first-order valence-corrected chi connectivity index (χ1v) is 5.60. The summed E-state index contributed by atoms with van der Waals surface area (Å²) < 4.78 is 24.0. The van der Waals surface area contributed by atoms with Gasteiger partial charge in [0.1, 0.15) is 17.3 Å². The van der Waals surface area contributed by atoms with Crippen LogP contribution in [0.1, 0.15) is 17.3 Å². The molecule has 0 amide bonds. The van der Waals surface area contributed by atoms with Gasteiger partial charge < -0.3 is 14.5 Å². The highest BCUT2D eigenvalue weighted by molar-refractivity contribution is 5.49. The predicted molar refractivity (Wildman–Crippen MR) is 66.3 cm³/mol. The molecule has 0 spiro atoms. The minimum atomic E-state index is -0.337. The Hall–Kier alpha value is -2.04. The number of aryl methyl sites for hydroxylation is 2. The van der Waals surface area contributed by atoms with Crippen LogP contribution < -0.4 is 10.1 Å². The summed E-state index contributed by atoms with van der Waals surface area (Å²) in [6.07, 6.45) is 0. The summed E-state index contributed by atoms with van der Waals surface area (Å²) in [5, 5.41) is 2.93. The van der Waals surface area contributed by atoms with Crippen molar-refractivity contribution >= 4 is 5.69 Å². The number of nitrogens with zero attached hydrogens (tertiary/aromatic N) is 1. The van der Waals surface area contributed by atoms with Crippen molar-refractivity contribution in [2.75, 3.05) is 12.4 Å². The second-order valence-electron chi connectivity index (χ2n) is 3.95. The molecule has 1 N–H and O–H groups in total. The van der Waals surface area contributed by atoms with Crippen molar-refractivity contribution in [3.63, 3.8) is 0 Å². The molecule has 1 aromatic heterocycles. The molecule has 0 fully saturated rings. The molecule has 1 aromatic carbocycles. The van der Waals surface area contributed by atoms with Gasteiger partial charge in [-0.25, -0.2) is 9.37 Å². The van der Waals surface area contributed by atoms with Crippen LogP contribution in [0.3, 0.4) is 0 Å². The second kappa shape index (κ2) is 5.08. The highest BCUT2D eigenvalue weighted by atomic mass is 19.1. The number of hydrogen-bond donors (Lipinski definition) is 1. The lowest BCUT2D eigenvalue weighted by Crippen LogP contribution is -2.02. The van der Waals surface area contributed by atoms with Crippen LogP contribution in [0.25, 0.3) is 0 Å². The van der Waals surface area contributed by atoms with Crippen LogP contribution in [0.5, 0.6) is 5.75 Å². The minimum absolute atomic E-state index is 0.332. The molecule has 0 unspecified atom stereocenters. The largest absolute Gasteiger partial charge is 0.497 e. The highest BCUT2D eigenvalue weighted by Crippen LogP contribution is 2.21. The van der Waals surface area contributed by atoms with E-state index in [2.05, 4.69) is 10.3 Å². The van der Waals surface area contributed by atoms with Gasteiger partial charge in [0.05, 0.1) is 25.0 Å². The van der Waals surface area contributed by atoms with E-state index in [-0.39, 0.29) is 5.82 Å². The topological polar surface area (TPSA) is 47.3 Å². The van der Waals surface area contributed by atoms with Crippen LogP contribution in [0.4, 0.5) is 10.1 Å². The van der Waals surface area contributed by atoms with Gasteiger partial charge >= 0.3 is 0 Å². The fourth-order valence-electron chi connectivity index (χ4n) is 1.55. The number of rotatable bonds is 4. The molecule has 5 heteroatoms. The molecule has 96 valence electrons. The van der Waals surface area contributed by atoms with E-state index in [9.17, 15) is 4.39 Å². The fourth-order valence-corrected chi connectivity index (χ4v) is 1.55. The van der Waals surface area contributed by atoms with Crippen LogP contribution in [0.2, 0.25) is 0 Å². The van der Waals surface area contributed by atoms with Crippen LogP contribution in [0.15, 0.2) is 22.6 Å². The molecule has 0 aliphatic carbocycles. The molecule has 0 aliphatic heterocycles. The molecule has 2 aromatic rings. The van der Waals surface area contributed by atoms with E-state index < -0.39 is 0 Å². The SMILES string of the molecule is COc1ccc(F)c(NCc2nc(C)c(C)o2)c1. The van der Waals surface area contributed by atoms with Gasteiger partial charge in [-0.1, -0.05) is 0 Å². The minimum Gasteiger partial charge on any atom is -0.497 e. The van der Waals surface area contributed by atoms with Crippen molar-refractivity contribution in [2.45, 2.75) is 20.4 Å². The first-order valence-electron chi connectivity index (χ1n) is 5.60. The Morgan fingerprint density at radius 1 is 1.39 bits per heavy atom. The number of halogens is 1. The lowest BCUT2D eigenvalue weighted by molar-refractivity contribution is 0.414. The molecular weight excluding hydrogens is 235 g/mol. The van der Waals surface area contributed by atoms with E-state index in [1.54, 1.807) is 12.1 Å². The zero-order valence-electron chi connectivity index (χ0n) is 10.6. The number of anilines is 1. The molecule has 18 heavy (non-hydrogen) atoms. The van der Waals surface area contributed by atoms with E-state index in [1.807, 2.05) is 13.8 Å². The molecule has 0 saturated heterocycles. The fraction of sp³-hybridized carbons (Fsp3) is 0.308. The average molecular weight is 250 g/mol. The Bertz CT molecular complexity index is 532. The second-order valence-corrected chi connectivity index (χ2v) is 3.95. The predicted octanol–water partition coefficient (Wildman–Crippen LogP) is 3.05. The summed E-state index contributed by atoms with van der Waals surface area (Å²) in [7, 11) is 1.54. The number of hydrogen-bond acceptors (Lipinski definition) is 4. The lowest BCUT2D eigenvalue weighted by atomic mass is 10.3. The zero-order chi connectivity index (χ0) is 13.1. The van der Waals surface area contributed by atoms with Gasteiger partial charge in [0.25, 0.3) is 0 Å². The molecule has 0 aliphatic rings. The summed E-state index contributed by atoms with van der Waals surface area (Å²) in [4.78, 5) is 4.21. The van der Waals surface area contributed by atoms with Crippen molar-refractivity contribution in [3.8, 4) is 5.75 Å². The van der Waals surface area contributed by atoms with E-state index >= 15 is 0 Å². The summed E-state index contributed by atoms with van der Waals surface area (Å²) >= 11 is 0. The third kappa shape index (κ3) is 2.61. The Morgan fingerprint density at radius 3 is 2.78 bits per heavy atom. The van der Waals surface area contributed by atoms with Crippen molar-refractivity contribution in [1.29, 1.82) is 0 Å². The van der Waals surface area contributed by atoms with Gasteiger partial charge in [-0.3, -0.25) is 0 Å². The summed E-state index contributed by atoms with van der Waals surface area (Å²) in [5.74, 6) is 1.57. The van der Waals surface area contributed by atoms with Gasteiger partial charge in [-0.15, -0.1) is 0 Å². The number of aromatic nitrogens is 1. The van der Waals surface area contributed by atoms with Gasteiger partial charge in [0, 0.05) is 6.07 Å². The Morgan fingerprint density at radius 2 is 2.17 bits per heavy atom. The molecular formula is C13H15FN2O2. The summed E-state index contributed by atoms with van der Waals surface area (Å²) in [6.45, 7) is 4.05. The zero-order valence-corrected chi connectivity index (χ0v) is 10.6. The molecule has 0 saturated carbocycles. The van der Waals surface area contributed by atoms with Crippen LogP contribution >= 0.6 is 0 Å². The normalized spacial score (nSPS) is 10.4. The first kappa shape index (κ1) is 12.4. The maximum atomic E-state index is 13.5. The van der Waals surface area contributed by atoms with E-state index in [4.69, 9.17) is 9.15 Å². The summed E-state index contributed by atoms with van der Waals surface area (Å²) in [6, 6.07) is 4.52. The van der Waals surface area contributed by atoms with Crippen LogP contribution in [0, 0.1) is 19.7 Å². The maximum absolute atomic E-state index is 13.5.